The number of aliphatic hydroxyl groups is 1. The molecule has 0 bridgehead atoms. The highest BCUT2D eigenvalue weighted by atomic mass is 19.1. The van der Waals surface area contributed by atoms with Crippen LogP contribution >= 0.6 is 0 Å². The lowest BCUT2D eigenvalue weighted by molar-refractivity contribution is 0.0689. The molecule has 0 aliphatic heterocycles. The number of hydrogen-bond acceptors (Lipinski definition) is 2. The Morgan fingerprint density at radius 2 is 1.80 bits per heavy atom. The number of ether oxygens (including phenoxy) is 1. The molecule has 3 rings (SSSR count). The maximum Gasteiger partial charge on any atom is 0.129 e. The smallest absolute Gasteiger partial charge is 0.129 e. The van der Waals surface area contributed by atoms with Crippen molar-refractivity contribution in [3.63, 3.8) is 0 Å². The molecule has 0 saturated heterocycles. The fourth-order valence-corrected chi connectivity index (χ4v) is 5.17. The van der Waals surface area contributed by atoms with Gasteiger partial charge in [0.05, 0.1) is 5.60 Å². The van der Waals surface area contributed by atoms with Crippen molar-refractivity contribution in [2.45, 2.75) is 85.9 Å². The summed E-state index contributed by atoms with van der Waals surface area (Å²) < 4.78 is 20.5. The van der Waals surface area contributed by atoms with Gasteiger partial charge >= 0.3 is 0 Å². The highest BCUT2D eigenvalue weighted by molar-refractivity contribution is 5.72. The highest BCUT2D eigenvalue weighted by Crippen LogP contribution is 2.36. The molecule has 3 heteroatoms. The Bertz CT molecular complexity index is 1110. The maximum atomic E-state index is 14.7. The third-order valence-electron chi connectivity index (χ3n) is 6.83. The lowest BCUT2D eigenvalue weighted by Gasteiger charge is -2.18. The molecule has 1 saturated carbocycles. The van der Waals surface area contributed by atoms with Crippen LogP contribution in [-0.4, -0.2) is 10.7 Å². The van der Waals surface area contributed by atoms with Crippen LogP contribution in [-0.2, 0) is 17.8 Å². The summed E-state index contributed by atoms with van der Waals surface area (Å²) in [5.41, 5.74) is 8.26. The molecular formula is C32H41FO2. The molecule has 0 heterocycles. The third kappa shape index (κ3) is 7.41. The topological polar surface area (TPSA) is 29.5 Å². The van der Waals surface area contributed by atoms with E-state index in [-0.39, 0.29) is 12.4 Å². The first-order chi connectivity index (χ1) is 16.5. The van der Waals surface area contributed by atoms with Crippen molar-refractivity contribution in [2.75, 3.05) is 0 Å². The normalized spacial score (nSPS) is 18.5. The molecule has 0 amide bonds. The first-order valence-corrected chi connectivity index (χ1v) is 12.8. The van der Waals surface area contributed by atoms with Gasteiger partial charge in [0, 0.05) is 5.56 Å². The van der Waals surface area contributed by atoms with Crippen LogP contribution in [0.4, 0.5) is 4.39 Å². The molecule has 0 spiro atoms. The zero-order chi connectivity index (χ0) is 25.8. The predicted octanol–water partition coefficient (Wildman–Crippen LogP) is 8.54. The summed E-state index contributed by atoms with van der Waals surface area (Å²) in [7, 11) is 0. The Morgan fingerprint density at radius 3 is 2.43 bits per heavy atom. The number of halogens is 1. The average Bonchev–Trinajstić information content (AvgIpc) is 3.11. The molecule has 2 aromatic carbocycles. The van der Waals surface area contributed by atoms with E-state index in [0.29, 0.717) is 17.2 Å². The van der Waals surface area contributed by atoms with Gasteiger partial charge in [-0.25, -0.2) is 4.39 Å². The van der Waals surface area contributed by atoms with Crippen LogP contribution in [0, 0.1) is 25.6 Å². The molecular weight excluding hydrogens is 435 g/mol. The van der Waals surface area contributed by atoms with Gasteiger partial charge in [-0.3, -0.25) is 0 Å². The standard InChI is InChI=1S/C32H41FO2/c1-8-26-14-21(2)15-28(26)18-24(5)35-20-29-19-27(11-12-30(29)33)31-22(3)16-25(17-23(31)4)10-9-13-32(6,7)34/h8,11-12,16-19,21,34H,5,9-10,13-15,20H2,1-4,6-7H3/b26-8-,28-18-. The van der Waals surface area contributed by atoms with Gasteiger partial charge in [0.1, 0.15) is 18.2 Å². The molecule has 1 atom stereocenters. The second-order valence-corrected chi connectivity index (χ2v) is 10.8. The van der Waals surface area contributed by atoms with E-state index in [0.717, 1.165) is 43.2 Å². The first-order valence-electron chi connectivity index (χ1n) is 12.8. The van der Waals surface area contributed by atoms with E-state index in [1.807, 2.05) is 32.1 Å². The largest absolute Gasteiger partial charge is 0.489 e. The minimum Gasteiger partial charge on any atom is -0.489 e. The van der Waals surface area contributed by atoms with Gasteiger partial charge < -0.3 is 9.84 Å². The van der Waals surface area contributed by atoms with E-state index in [4.69, 9.17) is 4.74 Å². The molecule has 0 radical (unpaired) electrons. The molecule has 0 aromatic heterocycles. The van der Waals surface area contributed by atoms with E-state index in [2.05, 4.69) is 52.5 Å². The van der Waals surface area contributed by atoms with Crippen molar-refractivity contribution in [2.24, 2.45) is 5.92 Å². The van der Waals surface area contributed by atoms with Crippen molar-refractivity contribution < 1.29 is 14.2 Å². The van der Waals surface area contributed by atoms with Crippen LogP contribution in [0.5, 0.6) is 0 Å². The van der Waals surface area contributed by atoms with Gasteiger partial charge in [0.15, 0.2) is 0 Å². The summed E-state index contributed by atoms with van der Waals surface area (Å²) in [6.07, 6.45) is 8.92. The molecule has 1 aliphatic carbocycles. The van der Waals surface area contributed by atoms with Gasteiger partial charge in [-0.1, -0.05) is 37.8 Å². The van der Waals surface area contributed by atoms with Crippen molar-refractivity contribution in [1.29, 1.82) is 0 Å². The SMILES string of the molecule is C=C(/C=C1/CC(C)C/C1=C/C)OCc1cc(-c2c(C)cc(CCCC(C)(C)O)cc2C)ccc1F. The van der Waals surface area contributed by atoms with Crippen molar-refractivity contribution in [3.05, 3.63) is 94.0 Å². The summed E-state index contributed by atoms with van der Waals surface area (Å²) in [6, 6.07) is 9.69. The monoisotopic (exact) mass is 476 g/mol. The molecule has 35 heavy (non-hydrogen) atoms. The predicted molar refractivity (Wildman–Crippen MR) is 145 cm³/mol. The second kappa shape index (κ2) is 11.4. The summed E-state index contributed by atoms with van der Waals surface area (Å²) in [6.45, 7) is 16.4. The van der Waals surface area contributed by atoms with Crippen LogP contribution < -0.4 is 0 Å². The minimum absolute atomic E-state index is 0.149. The minimum atomic E-state index is -0.636. The second-order valence-electron chi connectivity index (χ2n) is 10.8. The highest BCUT2D eigenvalue weighted by Gasteiger charge is 2.20. The number of rotatable bonds is 9. The van der Waals surface area contributed by atoms with Crippen LogP contribution in [0.3, 0.4) is 0 Å². The van der Waals surface area contributed by atoms with E-state index in [1.165, 1.54) is 33.9 Å². The van der Waals surface area contributed by atoms with Gasteiger partial charge in [0.25, 0.3) is 0 Å². The van der Waals surface area contributed by atoms with E-state index in [1.54, 1.807) is 0 Å². The summed E-state index contributed by atoms with van der Waals surface area (Å²) >= 11 is 0. The molecule has 1 aliphatic rings. The maximum absolute atomic E-state index is 14.7. The molecule has 1 unspecified atom stereocenters. The van der Waals surface area contributed by atoms with Gasteiger partial charge in [-0.05, 0) is 130 Å². The quantitative estimate of drug-likeness (QED) is 0.367. The van der Waals surface area contributed by atoms with Gasteiger partial charge in [-0.2, -0.15) is 0 Å². The number of hydrogen-bond donors (Lipinski definition) is 1. The lowest BCUT2D eigenvalue weighted by atomic mass is 9.90. The Hall–Kier alpha value is -2.65. The first kappa shape index (κ1) is 26.9. The zero-order valence-electron chi connectivity index (χ0n) is 22.3. The summed E-state index contributed by atoms with van der Waals surface area (Å²) in [5, 5.41) is 9.98. The summed E-state index contributed by atoms with van der Waals surface area (Å²) in [5.74, 6) is 0.936. The Balaban J connectivity index is 1.74. The lowest BCUT2D eigenvalue weighted by Crippen LogP contribution is -2.18. The fraction of sp³-hybridized carbons (Fsp3) is 0.438. The molecule has 1 N–H and O–H groups in total. The van der Waals surface area contributed by atoms with E-state index in [9.17, 15) is 9.50 Å². The van der Waals surface area contributed by atoms with E-state index >= 15 is 0 Å². The Morgan fingerprint density at radius 1 is 1.14 bits per heavy atom. The molecule has 2 nitrogen and oxygen atoms in total. The van der Waals surface area contributed by atoms with Crippen molar-refractivity contribution >= 4 is 0 Å². The van der Waals surface area contributed by atoms with E-state index < -0.39 is 5.60 Å². The number of benzene rings is 2. The molecule has 188 valence electrons. The van der Waals surface area contributed by atoms with Crippen molar-refractivity contribution in [1.82, 2.24) is 0 Å². The van der Waals surface area contributed by atoms with Crippen LogP contribution in [0.1, 0.15) is 75.6 Å². The molecule has 2 aromatic rings. The summed E-state index contributed by atoms with van der Waals surface area (Å²) in [4.78, 5) is 0. The number of aryl methyl sites for hydroxylation is 3. The Labute approximate surface area is 211 Å². The van der Waals surface area contributed by atoms with Crippen LogP contribution in [0.2, 0.25) is 0 Å². The zero-order valence-corrected chi connectivity index (χ0v) is 22.3. The van der Waals surface area contributed by atoms with Gasteiger partial charge in [-0.15, -0.1) is 0 Å². The van der Waals surface area contributed by atoms with Crippen LogP contribution in [0.25, 0.3) is 11.1 Å². The number of allylic oxidation sites excluding steroid dienone is 4. The molecule has 1 fully saturated rings. The van der Waals surface area contributed by atoms with Crippen molar-refractivity contribution in [3.8, 4) is 11.1 Å². The average molecular weight is 477 g/mol. The third-order valence-corrected chi connectivity index (χ3v) is 6.83. The Kier molecular flexibility index (Phi) is 8.77. The fourth-order valence-electron chi connectivity index (χ4n) is 5.17. The van der Waals surface area contributed by atoms with Gasteiger partial charge in [0.2, 0.25) is 0 Å². The van der Waals surface area contributed by atoms with Crippen LogP contribution in [0.15, 0.2) is 66.0 Å².